The van der Waals surface area contributed by atoms with Gasteiger partial charge in [0.05, 0.1) is 34.6 Å². The average Bonchev–Trinajstić information content (AvgIpc) is 2.62. The molecule has 0 aliphatic rings. The van der Waals surface area contributed by atoms with E-state index in [0.29, 0.717) is 41.3 Å². The maximum atomic E-state index is 12.1. The Kier molecular flexibility index (Phi) is 7.85. The van der Waals surface area contributed by atoms with E-state index in [1.165, 1.54) is 0 Å². The van der Waals surface area contributed by atoms with Crippen LogP contribution in [0.3, 0.4) is 0 Å². The number of anilines is 2. The molecule has 134 valence electrons. The second-order valence-electron chi connectivity index (χ2n) is 5.04. The monoisotopic (exact) mass is 382 g/mol. The van der Waals surface area contributed by atoms with Crippen molar-refractivity contribution in [2.45, 2.75) is 6.92 Å². The van der Waals surface area contributed by atoms with Gasteiger partial charge in [-0.25, -0.2) is 0 Å². The van der Waals surface area contributed by atoms with Crippen molar-refractivity contribution in [1.82, 2.24) is 0 Å². The van der Waals surface area contributed by atoms with Crippen LogP contribution in [0.5, 0.6) is 5.75 Å². The molecule has 0 bridgehead atoms. The molecule has 0 spiro atoms. The van der Waals surface area contributed by atoms with Crippen LogP contribution >= 0.6 is 23.2 Å². The Hall–Kier alpha value is -1.95. The summed E-state index contributed by atoms with van der Waals surface area (Å²) in [4.78, 5) is 12.1. The van der Waals surface area contributed by atoms with E-state index < -0.39 is 0 Å². The van der Waals surface area contributed by atoms with Crippen molar-refractivity contribution in [1.29, 1.82) is 0 Å². The lowest BCUT2D eigenvalue weighted by Gasteiger charge is -2.13. The van der Waals surface area contributed by atoms with Gasteiger partial charge < -0.3 is 20.1 Å². The SMILES string of the molecule is CCOCCOc1ccccc1NCC(=O)Nc1cccc(Cl)c1Cl. The quantitative estimate of drug-likeness (QED) is 0.628. The smallest absolute Gasteiger partial charge is 0.243 e. The van der Waals surface area contributed by atoms with Crippen molar-refractivity contribution in [3.8, 4) is 5.75 Å². The van der Waals surface area contributed by atoms with Gasteiger partial charge in [0.25, 0.3) is 0 Å². The minimum Gasteiger partial charge on any atom is -0.489 e. The zero-order valence-corrected chi connectivity index (χ0v) is 15.4. The minimum atomic E-state index is -0.242. The van der Waals surface area contributed by atoms with Gasteiger partial charge in [-0.05, 0) is 31.2 Å². The zero-order chi connectivity index (χ0) is 18.1. The van der Waals surface area contributed by atoms with E-state index in [0.717, 1.165) is 5.69 Å². The first kappa shape index (κ1) is 19.4. The fourth-order valence-corrected chi connectivity index (χ4v) is 2.41. The molecule has 2 aromatic rings. The molecule has 5 nitrogen and oxygen atoms in total. The Bertz CT molecular complexity index is 710. The van der Waals surface area contributed by atoms with Crippen molar-refractivity contribution in [2.75, 3.05) is 37.0 Å². The third kappa shape index (κ3) is 6.12. The summed E-state index contributed by atoms with van der Waals surface area (Å²) in [6, 6.07) is 12.5. The van der Waals surface area contributed by atoms with Gasteiger partial charge in [0.15, 0.2) is 0 Å². The van der Waals surface area contributed by atoms with Crippen molar-refractivity contribution >= 4 is 40.5 Å². The first-order valence-electron chi connectivity index (χ1n) is 7.89. The molecule has 2 aromatic carbocycles. The van der Waals surface area contributed by atoms with Gasteiger partial charge in [-0.3, -0.25) is 4.79 Å². The topological polar surface area (TPSA) is 59.6 Å². The Morgan fingerprint density at radius 1 is 1.04 bits per heavy atom. The van der Waals surface area contributed by atoms with E-state index in [4.69, 9.17) is 32.7 Å². The van der Waals surface area contributed by atoms with Gasteiger partial charge >= 0.3 is 0 Å². The summed E-state index contributed by atoms with van der Waals surface area (Å²) in [5.74, 6) is 0.420. The van der Waals surface area contributed by atoms with Crippen LogP contribution in [0, 0.1) is 0 Å². The Morgan fingerprint density at radius 2 is 1.80 bits per heavy atom. The van der Waals surface area contributed by atoms with Crippen LogP contribution in [0.15, 0.2) is 42.5 Å². The number of hydrogen-bond acceptors (Lipinski definition) is 4. The van der Waals surface area contributed by atoms with Gasteiger partial charge in [0.2, 0.25) is 5.91 Å². The van der Waals surface area contributed by atoms with Crippen molar-refractivity contribution in [3.63, 3.8) is 0 Å². The molecular weight excluding hydrogens is 363 g/mol. The van der Waals surface area contributed by atoms with Crippen molar-refractivity contribution in [2.24, 2.45) is 0 Å². The van der Waals surface area contributed by atoms with Gasteiger partial charge in [-0.2, -0.15) is 0 Å². The van der Waals surface area contributed by atoms with Gasteiger partial charge in [0.1, 0.15) is 12.4 Å². The average molecular weight is 383 g/mol. The summed E-state index contributed by atoms with van der Waals surface area (Å²) < 4.78 is 10.9. The molecule has 0 saturated heterocycles. The van der Waals surface area contributed by atoms with Crippen LogP contribution in [0.1, 0.15) is 6.92 Å². The lowest BCUT2D eigenvalue weighted by Crippen LogP contribution is -2.22. The van der Waals surface area contributed by atoms with Crippen LogP contribution in [-0.4, -0.2) is 32.3 Å². The Labute approximate surface area is 157 Å². The van der Waals surface area contributed by atoms with Crippen LogP contribution in [-0.2, 0) is 9.53 Å². The number of hydrogen-bond donors (Lipinski definition) is 2. The molecular formula is C18H20Cl2N2O3. The molecule has 2 rings (SSSR count). The highest BCUT2D eigenvalue weighted by Gasteiger charge is 2.09. The summed E-state index contributed by atoms with van der Waals surface area (Å²) in [6.45, 7) is 3.60. The molecule has 0 unspecified atom stereocenters. The molecule has 0 radical (unpaired) electrons. The number of halogens is 2. The molecule has 0 saturated carbocycles. The lowest BCUT2D eigenvalue weighted by molar-refractivity contribution is -0.114. The summed E-state index contributed by atoms with van der Waals surface area (Å²) >= 11 is 12.0. The highest BCUT2D eigenvalue weighted by atomic mass is 35.5. The first-order valence-corrected chi connectivity index (χ1v) is 8.64. The highest BCUT2D eigenvalue weighted by Crippen LogP contribution is 2.29. The fourth-order valence-electron chi connectivity index (χ4n) is 2.06. The molecule has 2 N–H and O–H groups in total. The van der Waals surface area contributed by atoms with E-state index in [9.17, 15) is 4.79 Å². The molecule has 25 heavy (non-hydrogen) atoms. The van der Waals surface area contributed by atoms with E-state index in [1.54, 1.807) is 18.2 Å². The van der Waals surface area contributed by atoms with Crippen LogP contribution in [0.4, 0.5) is 11.4 Å². The van der Waals surface area contributed by atoms with Crippen molar-refractivity contribution in [3.05, 3.63) is 52.5 Å². The molecule has 0 aliphatic heterocycles. The summed E-state index contributed by atoms with van der Waals surface area (Å²) in [6.07, 6.45) is 0. The number of carbonyl (C=O) groups excluding carboxylic acids is 1. The minimum absolute atomic E-state index is 0.0642. The van der Waals surface area contributed by atoms with Crippen LogP contribution < -0.4 is 15.4 Å². The van der Waals surface area contributed by atoms with E-state index >= 15 is 0 Å². The van der Waals surface area contributed by atoms with Gasteiger partial charge in [0, 0.05) is 6.61 Å². The summed E-state index contributed by atoms with van der Waals surface area (Å²) in [5.41, 5.74) is 1.20. The molecule has 0 aliphatic carbocycles. The first-order chi connectivity index (χ1) is 12.1. The van der Waals surface area contributed by atoms with Gasteiger partial charge in [-0.15, -0.1) is 0 Å². The van der Waals surface area contributed by atoms with E-state index in [-0.39, 0.29) is 12.5 Å². The number of amides is 1. The highest BCUT2D eigenvalue weighted by molar-refractivity contribution is 6.44. The molecule has 0 heterocycles. The standard InChI is InChI=1S/C18H20Cl2N2O3/c1-2-24-10-11-25-16-9-4-3-7-14(16)21-12-17(23)22-15-8-5-6-13(19)18(15)20/h3-9,21H,2,10-12H2,1H3,(H,22,23). The molecule has 1 amide bonds. The molecule has 0 fully saturated rings. The molecule has 0 atom stereocenters. The maximum absolute atomic E-state index is 12.1. The van der Waals surface area contributed by atoms with Crippen molar-refractivity contribution < 1.29 is 14.3 Å². The second-order valence-corrected chi connectivity index (χ2v) is 5.83. The Balaban J connectivity index is 1.90. The number of carbonyl (C=O) groups is 1. The maximum Gasteiger partial charge on any atom is 0.243 e. The van der Waals surface area contributed by atoms with E-state index in [1.807, 2.05) is 31.2 Å². The summed E-state index contributed by atoms with van der Waals surface area (Å²) in [7, 11) is 0. The number of benzene rings is 2. The number of rotatable bonds is 9. The molecule has 0 aromatic heterocycles. The predicted octanol–water partition coefficient (Wildman–Crippen LogP) is 4.46. The third-order valence-electron chi connectivity index (χ3n) is 3.24. The second kappa shape index (κ2) is 10.1. The number of nitrogens with one attached hydrogen (secondary N) is 2. The lowest BCUT2D eigenvalue weighted by atomic mass is 10.3. The van der Waals surface area contributed by atoms with Gasteiger partial charge in [-0.1, -0.05) is 41.4 Å². The number of para-hydroxylation sites is 2. The van der Waals surface area contributed by atoms with E-state index in [2.05, 4.69) is 10.6 Å². The summed E-state index contributed by atoms with van der Waals surface area (Å²) in [5, 5.41) is 6.48. The molecule has 7 heteroatoms. The third-order valence-corrected chi connectivity index (χ3v) is 4.06. The predicted molar refractivity (Wildman–Crippen MR) is 102 cm³/mol. The number of ether oxygens (including phenoxy) is 2. The Morgan fingerprint density at radius 3 is 2.60 bits per heavy atom. The normalized spacial score (nSPS) is 10.4. The largest absolute Gasteiger partial charge is 0.489 e. The zero-order valence-electron chi connectivity index (χ0n) is 13.9. The van der Waals surface area contributed by atoms with Crippen LogP contribution in [0.2, 0.25) is 10.0 Å². The fraction of sp³-hybridized carbons (Fsp3) is 0.278. The van der Waals surface area contributed by atoms with Crippen LogP contribution in [0.25, 0.3) is 0 Å².